The minimum atomic E-state index is -0.776. The number of carbonyl (C=O) groups is 4. The van der Waals surface area contributed by atoms with E-state index in [2.05, 4.69) is 15.4 Å². The van der Waals surface area contributed by atoms with Crippen molar-refractivity contribution in [3.8, 4) is 0 Å². The lowest BCUT2D eigenvalue weighted by Gasteiger charge is -2.41. The van der Waals surface area contributed by atoms with E-state index in [9.17, 15) is 19.2 Å². The van der Waals surface area contributed by atoms with E-state index >= 15 is 0 Å². The first-order chi connectivity index (χ1) is 18.9. The van der Waals surface area contributed by atoms with Gasteiger partial charge in [-0.1, -0.05) is 78.8 Å². The zero-order valence-corrected chi connectivity index (χ0v) is 27.2. The van der Waals surface area contributed by atoms with Gasteiger partial charge in [-0.2, -0.15) is 0 Å². The Balaban J connectivity index is 3.12. The summed E-state index contributed by atoms with van der Waals surface area (Å²) < 4.78 is 4.65. The van der Waals surface area contributed by atoms with Crippen LogP contribution in [0.1, 0.15) is 54.0 Å². The van der Waals surface area contributed by atoms with Crippen LogP contribution in [0.4, 0.5) is 0 Å². The second-order valence-corrected chi connectivity index (χ2v) is 12.9. The highest BCUT2D eigenvalue weighted by atomic mass is 16.5. The molecule has 0 fully saturated rings. The molecule has 0 spiro atoms. The van der Waals surface area contributed by atoms with Crippen LogP contribution in [0.25, 0.3) is 0 Å². The van der Waals surface area contributed by atoms with E-state index in [4.69, 9.17) is 0 Å². The van der Waals surface area contributed by atoms with Crippen LogP contribution in [0.2, 0.25) is 0 Å². The Hall–Kier alpha value is -2.98. The Kier molecular flexibility index (Phi) is 13.5. The maximum Gasteiger partial charge on any atom is 0.325 e. The molecular weight excluding hydrogens is 522 g/mol. The first-order valence-electron chi connectivity index (χ1n) is 14.2. The molecular formula is C31H53N5O5. The summed E-state index contributed by atoms with van der Waals surface area (Å²) in [5.41, 5.74) is -0.0790. The summed E-state index contributed by atoms with van der Waals surface area (Å²) in [5, 5.41) is 6.24. The summed E-state index contributed by atoms with van der Waals surface area (Å²) in [5.74, 6) is -1.09. The van der Waals surface area contributed by atoms with Crippen molar-refractivity contribution in [2.45, 2.75) is 72.0 Å². The molecule has 3 atom stereocenters. The number of nitrogens with zero attached hydrogens (tertiary/aromatic N) is 3. The van der Waals surface area contributed by atoms with Gasteiger partial charge in [0.25, 0.3) is 0 Å². The van der Waals surface area contributed by atoms with Gasteiger partial charge in [-0.15, -0.1) is 0 Å². The van der Waals surface area contributed by atoms with Crippen LogP contribution in [0.5, 0.6) is 0 Å². The Bertz CT molecular complexity index is 1020. The molecule has 0 aliphatic carbocycles. The van der Waals surface area contributed by atoms with Crippen molar-refractivity contribution in [3.63, 3.8) is 0 Å². The first-order valence-corrected chi connectivity index (χ1v) is 14.2. The highest BCUT2D eigenvalue weighted by molar-refractivity contribution is 5.91. The van der Waals surface area contributed by atoms with Crippen molar-refractivity contribution in [1.29, 1.82) is 0 Å². The van der Waals surface area contributed by atoms with Gasteiger partial charge >= 0.3 is 5.97 Å². The zero-order valence-electron chi connectivity index (χ0n) is 27.2. The summed E-state index contributed by atoms with van der Waals surface area (Å²) in [7, 11) is 8.15. The largest absolute Gasteiger partial charge is 0.468 e. The zero-order chi connectivity index (χ0) is 31.7. The number of hydrogen-bond acceptors (Lipinski definition) is 7. The number of hydrogen-bond donors (Lipinski definition) is 2. The number of rotatable bonds is 14. The molecule has 1 aromatic rings. The van der Waals surface area contributed by atoms with Gasteiger partial charge in [-0.25, -0.2) is 0 Å². The van der Waals surface area contributed by atoms with Gasteiger partial charge < -0.3 is 25.2 Å². The van der Waals surface area contributed by atoms with Crippen LogP contribution in [-0.2, 0) is 29.3 Å². The van der Waals surface area contributed by atoms with E-state index in [1.54, 1.807) is 26.0 Å². The summed E-state index contributed by atoms with van der Waals surface area (Å²) >= 11 is 0. The van der Waals surface area contributed by atoms with E-state index in [0.29, 0.717) is 6.54 Å². The van der Waals surface area contributed by atoms with Crippen LogP contribution in [0, 0.1) is 11.3 Å². The maximum atomic E-state index is 14.0. The van der Waals surface area contributed by atoms with Crippen LogP contribution in [0.15, 0.2) is 30.3 Å². The molecule has 0 aromatic heterocycles. The van der Waals surface area contributed by atoms with Crippen molar-refractivity contribution in [2.75, 3.05) is 54.9 Å². The first kappa shape index (κ1) is 36.0. The summed E-state index contributed by atoms with van der Waals surface area (Å²) in [6.45, 7) is 14.3. The summed E-state index contributed by atoms with van der Waals surface area (Å²) in [4.78, 5) is 56.8. The monoisotopic (exact) mass is 575 g/mol. The van der Waals surface area contributed by atoms with Crippen molar-refractivity contribution < 1.29 is 23.9 Å². The Morgan fingerprint density at radius 3 is 1.93 bits per heavy atom. The van der Waals surface area contributed by atoms with E-state index in [-0.39, 0.29) is 42.8 Å². The van der Waals surface area contributed by atoms with Crippen LogP contribution in [-0.4, -0.2) is 111 Å². The smallest absolute Gasteiger partial charge is 0.325 e. The van der Waals surface area contributed by atoms with E-state index < -0.39 is 28.9 Å². The number of esters is 1. The van der Waals surface area contributed by atoms with E-state index in [0.717, 1.165) is 5.56 Å². The number of nitrogens with one attached hydrogen (secondary N) is 2. The van der Waals surface area contributed by atoms with Crippen LogP contribution < -0.4 is 10.6 Å². The Labute approximate surface area is 247 Å². The number of amides is 3. The quantitative estimate of drug-likeness (QED) is 0.327. The number of methoxy groups -OCH3 is 1. The normalized spacial score (nSPS) is 14.3. The highest BCUT2D eigenvalue weighted by Crippen LogP contribution is 2.29. The second-order valence-electron chi connectivity index (χ2n) is 12.9. The standard InChI is InChI=1S/C31H53N5O5/c1-21(2)23(18-34(9)19-24(37)35(10)20-25(38)41-12)36(11)29(40)27(30(3,4)5)33-28(39)26(32-8)31(6,7)22-16-14-13-15-17-22/h13-17,21,23,26-27,32H,18-20H2,1-12H3,(H,33,39)/t23-,26?,27-/m1/s1. The molecule has 3 amide bonds. The molecule has 0 bridgehead atoms. The third-order valence-electron chi connectivity index (χ3n) is 7.73. The van der Waals surface area contributed by atoms with E-state index in [1.165, 1.54) is 12.0 Å². The predicted molar refractivity (Wildman–Crippen MR) is 162 cm³/mol. The number of likely N-dealkylation sites (N-methyl/N-ethyl adjacent to an activating group) is 4. The molecule has 1 rings (SSSR count). The van der Waals surface area contributed by atoms with Crippen molar-refractivity contribution in [1.82, 2.24) is 25.3 Å². The Morgan fingerprint density at radius 1 is 0.902 bits per heavy atom. The second kappa shape index (κ2) is 15.3. The van der Waals surface area contributed by atoms with Gasteiger partial charge in [0, 0.05) is 32.1 Å². The van der Waals surface area contributed by atoms with E-state index in [1.807, 2.05) is 90.7 Å². The lowest BCUT2D eigenvalue weighted by atomic mass is 9.76. The predicted octanol–water partition coefficient (Wildman–Crippen LogP) is 2.13. The molecule has 1 unspecified atom stereocenters. The third-order valence-corrected chi connectivity index (χ3v) is 7.73. The fourth-order valence-corrected chi connectivity index (χ4v) is 4.96. The van der Waals surface area contributed by atoms with Crippen LogP contribution >= 0.6 is 0 Å². The maximum absolute atomic E-state index is 14.0. The van der Waals surface area contributed by atoms with Gasteiger partial charge in [-0.3, -0.25) is 24.1 Å². The number of carbonyl (C=O) groups excluding carboxylic acids is 4. The fraction of sp³-hybridized carbons (Fsp3) is 0.677. The average Bonchev–Trinajstić information content (AvgIpc) is 2.89. The molecule has 0 saturated heterocycles. The third kappa shape index (κ3) is 10.1. The van der Waals surface area contributed by atoms with Crippen molar-refractivity contribution >= 4 is 23.7 Å². The average molecular weight is 576 g/mol. The molecule has 0 saturated carbocycles. The molecule has 1 aromatic carbocycles. The minimum absolute atomic E-state index is 0.0766. The molecule has 0 heterocycles. The van der Waals surface area contributed by atoms with Gasteiger partial charge in [0.15, 0.2) is 0 Å². The van der Waals surface area contributed by atoms with Gasteiger partial charge in [-0.05, 0) is 31.0 Å². The van der Waals surface area contributed by atoms with Crippen molar-refractivity contribution in [2.24, 2.45) is 11.3 Å². The molecule has 0 aliphatic heterocycles. The van der Waals surface area contributed by atoms with Gasteiger partial charge in [0.05, 0.1) is 19.7 Å². The Morgan fingerprint density at radius 2 is 1.46 bits per heavy atom. The lowest BCUT2D eigenvalue weighted by molar-refractivity contribution is -0.146. The fourth-order valence-electron chi connectivity index (χ4n) is 4.96. The molecule has 232 valence electrons. The van der Waals surface area contributed by atoms with Gasteiger partial charge in [0.1, 0.15) is 12.6 Å². The summed E-state index contributed by atoms with van der Waals surface area (Å²) in [6.07, 6.45) is 0. The number of ether oxygens (including phenoxy) is 1. The molecule has 2 N–H and O–H groups in total. The van der Waals surface area contributed by atoms with Crippen molar-refractivity contribution in [3.05, 3.63) is 35.9 Å². The summed E-state index contributed by atoms with van der Waals surface area (Å²) in [6, 6.07) is 8.26. The lowest BCUT2D eigenvalue weighted by Crippen LogP contribution is -2.62. The van der Waals surface area contributed by atoms with Gasteiger partial charge in [0.2, 0.25) is 17.7 Å². The molecule has 41 heavy (non-hydrogen) atoms. The van der Waals surface area contributed by atoms with Crippen LogP contribution in [0.3, 0.4) is 0 Å². The highest BCUT2D eigenvalue weighted by Gasteiger charge is 2.41. The molecule has 10 heteroatoms. The molecule has 10 nitrogen and oxygen atoms in total. The SMILES string of the molecule is CNC(C(=O)N[C@H](C(=O)N(C)[C@H](CN(C)CC(=O)N(C)CC(=O)OC)C(C)C)C(C)(C)C)C(C)(C)c1ccccc1. The molecule has 0 aliphatic rings. The minimum Gasteiger partial charge on any atom is -0.468 e. The number of benzene rings is 1. The topological polar surface area (TPSA) is 111 Å². The molecule has 0 radical (unpaired) electrons.